The molecule has 0 bridgehead atoms. The van der Waals surface area contributed by atoms with Crippen molar-refractivity contribution in [3.8, 4) is 5.75 Å². The van der Waals surface area contributed by atoms with E-state index in [-0.39, 0.29) is 11.7 Å². The summed E-state index contributed by atoms with van der Waals surface area (Å²) in [5, 5.41) is 9.44. The van der Waals surface area contributed by atoms with Crippen LogP contribution < -0.4 is 5.48 Å². The molecule has 2 N–H and O–H groups in total. The Hall–Kier alpha value is -1.55. The predicted octanol–water partition coefficient (Wildman–Crippen LogP) is 2.02. The summed E-state index contributed by atoms with van der Waals surface area (Å²) in [6.45, 7) is 6.13. The number of carbonyl (C=O) groups excluding carboxylic acids is 1. The van der Waals surface area contributed by atoms with Gasteiger partial charge in [0.2, 0.25) is 0 Å². The molecule has 0 spiro atoms. The van der Waals surface area contributed by atoms with E-state index in [9.17, 15) is 9.90 Å². The quantitative estimate of drug-likeness (QED) is 0.768. The van der Waals surface area contributed by atoms with Crippen LogP contribution >= 0.6 is 0 Å². The molecule has 0 saturated heterocycles. The summed E-state index contributed by atoms with van der Waals surface area (Å²) in [6.07, 6.45) is 0. The lowest BCUT2D eigenvalue weighted by Crippen LogP contribution is -2.26. The van der Waals surface area contributed by atoms with E-state index in [4.69, 9.17) is 4.84 Å². The number of phenols is 1. The summed E-state index contributed by atoms with van der Waals surface area (Å²) in [5.74, 6) is 0.121. The van der Waals surface area contributed by atoms with Gasteiger partial charge >= 0.3 is 0 Å². The molecule has 1 aromatic carbocycles. The zero-order valence-corrected chi connectivity index (χ0v) is 9.78. The predicted molar refractivity (Wildman–Crippen MR) is 61.1 cm³/mol. The fraction of sp³-hybridized carbons (Fsp3) is 0.417. The molecule has 4 nitrogen and oxygen atoms in total. The van der Waals surface area contributed by atoms with Crippen molar-refractivity contribution >= 4 is 5.91 Å². The van der Waals surface area contributed by atoms with Gasteiger partial charge < -0.3 is 5.11 Å². The normalized spacial score (nSPS) is 10.5. The molecule has 0 atom stereocenters. The number of rotatable bonds is 4. The Kier molecular flexibility index (Phi) is 4.31. The van der Waals surface area contributed by atoms with E-state index in [1.165, 1.54) is 0 Å². The van der Waals surface area contributed by atoms with Gasteiger partial charge in [0, 0.05) is 11.1 Å². The molecule has 0 aliphatic carbocycles. The third-order valence-electron chi connectivity index (χ3n) is 2.13. The summed E-state index contributed by atoms with van der Waals surface area (Å²) in [5.41, 5.74) is 3.32. The third-order valence-corrected chi connectivity index (χ3v) is 2.13. The van der Waals surface area contributed by atoms with E-state index < -0.39 is 0 Å². The van der Waals surface area contributed by atoms with Crippen molar-refractivity contribution in [3.05, 3.63) is 29.3 Å². The van der Waals surface area contributed by atoms with Gasteiger partial charge in [0.25, 0.3) is 5.91 Å². The second-order valence-corrected chi connectivity index (χ2v) is 4.09. The van der Waals surface area contributed by atoms with Crippen molar-refractivity contribution in [1.29, 1.82) is 0 Å². The molecule has 16 heavy (non-hydrogen) atoms. The Labute approximate surface area is 95.2 Å². The van der Waals surface area contributed by atoms with Crippen LogP contribution in [0.25, 0.3) is 0 Å². The molecule has 0 heterocycles. The van der Waals surface area contributed by atoms with Gasteiger partial charge in [0.1, 0.15) is 5.75 Å². The first-order chi connectivity index (χ1) is 7.52. The van der Waals surface area contributed by atoms with E-state index in [0.29, 0.717) is 23.7 Å². The SMILES string of the molecule is Cc1c(O)cccc1C(=O)NOCC(C)C. The van der Waals surface area contributed by atoms with E-state index in [1.807, 2.05) is 13.8 Å². The first kappa shape index (κ1) is 12.5. The highest BCUT2D eigenvalue weighted by Gasteiger charge is 2.11. The molecule has 0 saturated carbocycles. The van der Waals surface area contributed by atoms with Crippen molar-refractivity contribution in [2.24, 2.45) is 5.92 Å². The van der Waals surface area contributed by atoms with Crippen LogP contribution in [-0.4, -0.2) is 17.6 Å². The Morgan fingerprint density at radius 3 is 2.81 bits per heavy atom. The van der Waals surface area contributed by atoms with Crippen molar-refractivity contribution in [2.75, 3.05) is 6.61 Å². The molecule has 88 valence electrons. The summed E-state index contributed by atoms with van der Waals surface area (Å²) in [7, 11) is 0. The molecule has 1 aromatic rings. The fourth-order valence-corrected chi connectivity index (χ4v) is 1.20. The largest absolute Gasteiger partial charge is 0.508 e. The minimum atomic E-state index is -0.339. The average molecular weight is 223 g/mol. The number of amides is 1. The lowest BCUT2D eigenvalue weighted by atomic mass is 10.1. The van der Waals surface area contributed by atoms with Crippen LogP contribution in [0.5, 0.6) is 5.75 Å². The highest BCUT2D eigenvalue weighted by Crippen LogP contribution is 2.19. The van der Waals surface area contributed by atoms with E-state index in [1.54, 1.807) is 25.1 Å². The van der Waals surface area contributed by atoms with Crippen LogP contribution in [0.15, 0.2) is 18.2 Å². The van der Waals surface area contributed by atoms with Crippen molar-refractivity contribution in [1.82, 2.24) is 5.48 Å². The monoisotopic (exact) mass is 223 g/mol. The number of phenolic OH excluding ortho intramolecular Hbond substituents is 1. The van der Waals surface area contributed by atoms with Gasteiger partial charge in [-0.2, -0.15) is 0 Å². The highest BCUT2D eigenvalue weighted by molar-refractivity contribution is 5.95. The smallest absolute Gasteiger partial charge is 0.275 e. The summed E-state index contributed by atoms with van der Waals surface area (Å²) >= 11 is 0. The van der Waals surface area contributed by atoms with E-state index in [0.717, 1.165) is 0 Å². The maximum absolute atomic E-state index is 11.7. The maximum atomic E-state index is 11.7. The first-order valence-corrected chi connectivity index (χ1v) is 5.23. The third kappa shape index (κ3) is 3.24. The first-order valence-electron chi connectivity index (χ1n) is 5.23. The summed E-state index contributed by atoms with van der Waals surface area (Å²) < 4.78 is 0. The number of hydroxylamine groups is 1. The lowest BCUT2D eigenvalue weighted by Gasteiger charge is -2.09. The Balaban J connectivity index is 2.63. The van der Waals surface area contributed by atoms with Crippen LogP contribution in [0.4, 0.5) is 0 Å². The molecule has 0 aliphatic heterocycles. The van der Waals surface area contributed by atoms with Gasteiger partial charge in [-0.3, -0.25) is 9.63 Å². The van der Waals surface area contributed by atoms with Gasteiger partial charge in [-0.1, -0.05) is 19.9 Å². The van der Waals surface area contributed by atoms with Crippen molar-refractivity contribution < 1.29 is 14.7 Å². The van der Waals surface area contributed by atoms with Gasteiger partial charge in [-0.15, -0.1) is 0 Å². The number of aromatic hydroxyl groups is 1. The highest BCUT2D eigenvalue weighted by atomic mass is 16.6. The molecule has 1 amide bonds. The molecule has 1 rings (SSSR count). The average Bonchev–Trinajstić information content (AvgIpc) is 2.21. The maximum Gasteiger partial charge on any atom is 0.275 e. The second-order valence-electron chi connectivity index (χ2n) is 4.09. The zero-order valence-electron chi connectivity index (χ0n) is 9.78. The van der Waals surface area contributed by atoms with E-state index in [2.05, 4.69) is 5.48 Å². The summed E-state index contributed by atoms with van der Waals surface area (Å²) in [6, 6.07) is 4.81. The van der Waals surface area contributed by atoms with Crippen LogP contribution in [0.2, 0.25) is 0 Å². The number of benzene rings is 1. The number of hydrogen-bond donors (Lipinski definition) is 2. The Morgan fingerprint density at radius 1 is 1.50 bits per heavy atom. The fourth-order valence-electron chi connectivity index (χ4n) is 1.20. The molecule has 0 radical (unpaired) electrons. The topological polar surface area (TPSA) is 58.6 Å². The Morgan fingerprint density at radius 2 is 2.19 bits per heavy atom. The van der Waals surface area contributed by atoms with Crippen LogP contribution in [0.3, 0.4) is 0 Å². The van der Waals surface area contributed by atoms with Gasteiger partial charge in [0.05, 0.1) is 6.61 Å². The number of hydrogen-bond acceptors (Lipinski definition) is 3. The molecule has 4 heteroatoms. The molecule has 0 aromatic heterocycles. The lowest BCUT2D eigenvalue weighted by molar-refractivity contribution is 0.0208. The van der Waals surface area contributed by atoms with Gasteiger partial charge in [0.15, 0.2) is 0 Å². The van der Waals surface area contributed by atoms with Crippen molar-refractivity contribution in [3.63, 3.8) is 0 Å². The number of carbonyl (C=O) groups is 1. The second kappa shape index (κ2) is 5.51. The van der Waals surface area contributed by atoms with Crippen molar-refractivity contribution in [2.45, 2.75) is 20.8 Å². The summed E-state index contributed by atoms with van der Waals surface area (Å²) in [4.78, 5) is 16.7. The van der Waals surface area contributed by atoms with Gasteiger partial charge in [-0.25, -0.2) is 5.48 Å². The van der Waals surface area contributed by atoms with Crippen LogP contribution in [-0.2, 0) is 4.84 Å². The number of nitrogens with one attached hydrogen (secondary N) is 1. The molecule has 0 aliphatic rings. The minimum absolute atomic E-state index is 0.108. The zero-order chi connectivity index (χ0) is 12.1. The van der Waals surface area contributed by atoms with Crippen LogP contribution in [0, 0.1) is 12.8 Å². The van der Waals surface area contributed by atoms with Crippen LogP contribution in [0.1, 0.15) is 29.8 Å². The minimum Gasteiger partial charge on any atom is -0.508 e. The molecule has 0 unspecified atom stereocenters. The van der Waals surface area contributed by atoms with Gasteiger partial charge in [-0.05, 0) is 25.0 Å². The molecular weight excluding hydrogens is 206 g/mol. The Bertz CT molecular complexity index is 375. The van der Waals surface area contributed by atoms with E-state index >= 15 is 0 Å². The standard InChI is InChI=1S/C12H17NO3/c1-8(2)7-16-13-12(15)10-5-4-6-11(14)9(10)3/h4-6,8,14H,7H2,1-3H3,(H,13,15). The molecular formula is C12H17NO3. The molecule has 0 fully saturated rings.